The lowest BCUT2D eigenvalue weighted by Gasteiger charge is -2.07. The van der Waals surface area contributed by atoms with Gasteiger partial charge in [0.05, 0.1) is 6.07 Å². The number of rotatable bonds is 2. The molecule has 0 spiro atoms. The number of hydrogen-bond donors (Lipinski definition) is 0. The summed E-state index contributed by atoms with van der Waals surface area (Å²) in [4.78, 5) is 0. The lowest BCUT2D eigenvalue weighted by molar-refractivity contribution is 0.370. The first-order valence-corrected chi connectivity index (χ1v) is 4.62. The summed E-state index contributed by atoms with van der Waals surface area (Å²) in [6.45, 7) is 3.48. The highest BCUT2D eigenvalue weighted by Crippen LogP contribution is 2.23. The molecule has 4 nitrogen and oxygen atoms in total. The smallest absolute Gasteiger partial charge is 0.276 e. The molecular weight excluding hydrogens is 174 g/mol. The lowest BCUT2D eigenvalue weighted by Crippen LogP contribution is -2.14. The molecule has 1 rings (SSSR count). The van der Waals surface area contributed by atoms with Gasteiger partial charge in [0.1, 0.15) is 5.41 Å². The third-order valence-corrected chi connectivity index (χ3v) is 1.91. The van der Waals surface area contributed by atoms with E-state index in [1.165, 1.54) is 11.8 Å². The van der Waals surface area contributed by atoms with E-state index in [2.05, 4.69) is 16.3 Å². The van der Waals surface area contributed by atoms with Crippen LogP contribution >= 0.6 is 11.8 Å². The molecule has 0 unspecified atom stereocenters. The van der Waals surface area contributed by atoms with Gasteiger partial charge < -0.3 is 4.42 Å². The minimum atomic E-state index is -0.693. The van der Waals surface area contributed by atoms with Gasteiger partial charge in [-0.3, -0.25) is 0 Å². The average Bonchev–Trinajstić information content (AvgIpc) is 2.52. The molecule has 0 amide bonds. The van der Waals surface area contributed by atoms with Crippen LogP contribution in [0.2, 0.25) is 0 Å². The molecule has 0 saturated carbocycles. The zero-order valence-electron chi connectivity index (χ0n) is 7.16. The van der Waals surface area contributed by atoms with Gasteiger partial charge >= 0.3 is 0 Å². The molecular formula is C7H9N3OS. The maximum absolute atomic E-state index is 8.74. The summed E-state index contributed by atoms with van der Waals surface area (Å²) >= 11 is 1.37. The molecule has 0 fully saturated rings. The molecule has 1 aromatic rings. The molecule has 0 aliphatic heterocycles. The van der Waals surface area contributed by atoms with Gasteiger partial charge in [0.2, 0.25) is 5.89 Å². The van der Waals surface area contributed by atoms with E-state index in [1.807, 2.05) is 6.26 Å². The molecule has 0 aliphatic rings. The average molecular weight is 183 g/mol. The Morgan fingerprint density at radius 1 is 1.50 bits per heavy atom. The van der Waals surface area contributed by atoms with Gasteiger partial charge in [-0.1, -0.05) is 11.8 Å². The van der Waals surface area contributed by atoms with Crippen molar-refractivity contribution in [3.63, 3.8) is 0 Å². The molecule has 5 heteroatoms. The lowest BCUT2D eigenvalue weighted by atomic mass is 9.96. The Morgan fingerprint density at radius 3 is 2.58 bits per heavy atom. The van der Waals surface area contributed by atoms with Crippen LogP contribution in [-0.4, -0.2) is 16.5 Å². The second kappa shape index (κ2) is 3.15. The van der Waals surface area contributed by atoms with E-state index >= 15 is 0 Å². The fourth-order valence-electron chi connectivity index (χ4n) is 0.593. The van der Waals surface area contributed by atoms with Crippen molar-refractivity contribution < 1.29 is 4.42 Å². The van der Waals surface area contributed by atoms with E-state index < -0.39 is 5.41 Å². The zero-order chi connectivity index (χ0) is 9.19. The Labute approximate surface area is 75.0 Å². The molecule has 1 heterocycles. The number of aromatic nitrogens is 2. The summed E-state index contributed by atoms with van der Waals surface area (Å²) in [7, 11) is 0. The van der Waals surface area contributed by atoms with Crippen LogP contribution in [0.25, 0.3) is 0 Å². The van der Waals surface area contributed by atoms with Crippen LogP contribution in [0.15, 0.2) is 9.64 Å². The second-order valence-corrected chi connectivity index (χ2v) is 3.57. The quantitative estimate of drug-likeness (QED) is 0.651. The number of hydrogen-bond acceptors (Lipinski definition) is 5. The van der Waals surface area contributed by atoms with Gasteiger partial charge in [0.25, 0.3) is 5.22 Å². The van der Waals surface area contributed by atoms with Crippen LogP contribution in [0.1, 0.15) is 19.7 Å². The largest absolute Gasteiger partial charge is 0.414 e. The first-order chi connectivity index (χ1) is 5.60. The Hall–Kier alpha value is -1.02. The first-order valence-electron chi connectivity index (χ1n) is 3.39. The SMILES string of the molecule is CSc1nnc(C(C)(C)C#N)o1. The topological polar surface area (TPSA) is 62.7 Å². The molecule has 0 aliphatic carbocycles. The van der Waals surface area contributed by atoms with E-state index in [9.17, 15) is 0 Å². The van der Waals surface area contributed by atoms with E-state index in [4.69, 9.17) is 9.68 Å². The number of nitriles is 1. The normalized spacial score (nSPS) is 11.2. The van der Waals surface area contributed by atoms with Gasteiger partial charge in [-0.15, -0.1) is 10.2 Å². The van der Waals surface area contributed by atoms with Crippen molar-refractivity contribution in [3.05, 3.63) is 5.89 Å². The molecule has 0 aromatic carbocycles. The summed E-state index contributed by atoms with van der Waals surface area (Å²) in [5.41, 5.74) is -0.693. The molecule has 64 valence electrons. The summed E-state index contributed by atoms with van der Waals surface area (Å²) in [5.74, 6) is 0.370. The molecule has 0 atom stereocenters. The highest BCUT2D eigenvalue weighted by molar-refractivity contribution is 7.98. The highest BCUT2D eigenvalue weighted by Gasteiger charge is 2.26. The summed E-state index contributed by atoms with van der Waals surface area (Å²) in [5, 5.41) is 16.8. The van der Waals surface area contributed by atoms with Crippen LogP contribution in [-0.2, 0) is 5.41 Å². The van der Waals surface area contributed by atoms with Gasteiger partial charge in [-0.2, -0.15) is 5.26 Å². The van der Waals surface area contributed by atoms with Gasteiger partial charge in [0.15, 0.2) is 0 Å². The van der Waals surface area contributed by atoms with Crippen LogP contribution in [0.3, 0.4) is 0 Å². The van der Waals surface area contributed by atoms with Gasteiger partial charge in [0, 0.05) is 0 Å². The Kier molecular flexibility index (Phi) is 2.38. The monoisotopic (exact) mass is 183 g/mol. The standard InChI is InChI=1S/C7H9N3OS/c1-7(2,4-8)5-9-10-6(11-5)12-3/h1-3H3. The third kappa shape index (κ3) is 1.59. The van der Waals surface area contributed by atoms with Crippen LogP contribution in [0, 0.1) is 11.3 Å². The van der Waals surface area contributed by atoms with Crippen molar-refractivity contribution in [2.45, 2.75) is 24.5 Å². The van der Waals surface area contributed by atoms with E-state index in [0.717, 1.165) is 0 Å². The minimum Gasteiger partial charge on any atom is -0.414 e. The van der Waals surface area contributed by atoms with Crippen LogP contribution in [0.5, 0.6) is 0 Å². The van der Waals surface area contributed by atoms with Crippen molar-refractivity contribution in [1.29, 1.82) is 5.26 Å². The Balaban J connectivity index is 2.98. The van der Waals surface area contributed by atoms with Gasteiger partial charge in [-0.25, -0.2) is 0 Å². The second-order valence-electron chi connectivity index (χ2n) is 2.81. The van der Waals surface area contributed by atoms with E-state index in [1.54, 1.807) is 13.8 Å². The van der Waals surface area contributed by atoms with Gasteiger partial charge in [-0.05, 0) is 20.1 Å². The number of nitrogens with zero attached hydrogens (tertiary/aromatic N) is 3. The predicted molar refractivity (Wildman–Crippen MR) is 44.7 cm³/mol. The zero-order valence-corrected chi connectivity index (χ0v) is 7.97. The highest BCUT2D eigenvalue weighted by atomic mass is 32.2. The Morgan fingerprint density at radius 2 is 2.17 bits per heavy atom. The molecule has 0 radical (unpaired) electrons. The summed E-state index contributed by atoms with van der Waals surface area (Å²) in [6, 6.07) is 2.09. The molecule has 1 aromatic heterocycles. The van der Waals surface area contributed by atoms with E-state index in [-0.39, 0.29) is 0 Å². The van der Waals surface area contributed by atoms with Crippen molar-refractivity contribution >= 4 is 11.8 Å². The summed E-state index contributed by atoms with van der Waals surface area (Å²) in [6.07, 6.45) is 1.84. The van der Waals surface area contributed by atoms with E-state index in [0.29, 0.717) is 11.1 Å². The van der Waals surface area contributed by atoms with Crippen molar-refractivity contribution in [3.8, 4) is 6.07 Å². The maximum atomic E-state index is 8.74. The molecule has 0 N–H and O–H groups in total. The fraction of sp³-hybridized carbons (Fsp3) is 0.571. The van der Waals surface area contributed by atoms with Crippen LogP contribution < -0.4 is 0 Å². The number of thioether (sulfide) groups is 1. The first kappa shape index (κ1) is 9.07. The predicted octanol–water partition coefficient (Wildman–Crippen LogP) is 1.59. The van der Waals surface area contributed by atoms with Crippen molar-refractivity contribution in [1.82, 2.24) is 10.2 Å². The molecule has 0 bridgehead atoms. The third-order valence-electron chi connectivity index (χ3n) is 1.40. The Bertz CT molecular complexity index is 313. The minimum absolute atomic E-state index is 0.370. The molecule has 12 heavy (non-hydrogen) atoms. The van der Waals surface area contributed by atoms with Crippen molar-refractivity contribution in [2.24, 2.45) is 0 Å². The fourth-order valence-corrected chi connectivity index (χ4v) is 0.877. The summed E-state index contributed by atoms with van der Waals surface area (Å²) < 4.78 is 5.21. The van der Waals surface area contributed by atoms with Crippen molar-refractivity contribution in [2.75, 3.05) is 6.26 Å². The molecule has 0 saturated heterocycles. The van der Waals surface area contributed by atoms with Crippen LogP contribution in [0.4, 0.5) is 0 Å². The maximum Gasteiger partial charge on any atom is 0.276 e.